The van der Waals surface area contributed by atoms with Crippen molar-refractivity contribution in [2.24, 2.45) is 11.8 Å². The Kier molecular flexibility index (Phi) is 3.29. The molecule has 0 saturated heterocycles. The topological polar surface area (TPSA) is 0 Å². The van der Waals surface area contributed by atoms with E-state index in [4.69, 9.17) is 0 Å². The molecule has 2 fully saturated rings. The van der Waals surface area contributed by atoms with Crippen LogP contribution in [0, 0.1) is 17.8 Å². The normalized spacial score (nSPS) is 36.7. The summed E-state index contributed by atoms with van der Waals surface area (Å²) in [5, 5.41) is 0. The van der Waals surface area contributed by atoms with Gasteiger partial charge in [-0.1, -0.05) is 39.0 Å². The van der Waals surface area contributed by atoms with Crippen LogP contribution in [0.3, 0.4) is 0 Å². The zero-order valence-corrected chi connectivity index (χ0v) is 9.02. The van der Waals surface area contributed by atoms with Crippen molar-refractivity contribution in [1.82, 2.24) is 0 Å². The van der Waals surface area contributed by atoms with Gasteiger partial charge in [0.15, 0.2) is 0 Å². The molecule has 0 N–H and O–H groups in total. The van der Waals surface area contributed by atoms with Crippen LogP contribution in [0.15, 0.2) is 0 Å². The molecule has 2 aliphatic rings. The molecular formula is C13H23. The van der Waals surface area contributed by atoms with Crippen molar-refractivity contribution < 1.29 is 0 Å². The van der Waals surface area contributed by atoms with E-state index in [-0.39, 0.29) is 0 Å². The standard InChI is InChI=1S/C13H23/c1-2-11-7-4-3-5-8-12-9-6-10-13(11)12/h11-12H,2-10H2,1H3. The number of hydrogen-bond acceptors (Lipinski definition) is 0. The number of rotatable bonds is 1. The SMILES string of the molecule is CCC1CCCCCC2CCC[C]12. The van der Waals surface area contributed by atoms with Crippen molar-refractivity contribution in [3.63, 3.8) is 0 Å². The Labute approximate surface area is 83.1 Å². The van der Waals surface area contributed by atoms with E-state index >= 15 is 0 Å². The molecule has 2 unspecified atom stereocenters. The summed E-state index contributed by atoms with van der Waals surface area (Å²) >= 11 is 0. The lowest BCUT2D eigenvalue weighted by Gasteiger charge is -2.29. The molecule has 0 spiro atoms. The molecule has 0 heterocycles. The summed E-state index contributed by atoms with van der Waals surface area (Å²) in [6.45, 7) is 2.38. The summed E-state index contributed by atoms with van der Waals surface area (Å²) in [6.07, 6.45) is 13.4. The number of fused-ring (bicyclic) bond motifs is 1. The Morgan fingerprint density at radius 3 is 2.62 bits per heavy atom. The van der Waals surface area contributed by atoms with Gasteiger partial charge in [-0.25, -0.2) is 0 Å². The highest BCUT2D eigenvalue weighted by Crippen LogP contribution is 2.45. The molecule has 2 aliphatic carbocycles. The van der Waals surface area contributed by atoms with Crippen molar-refractivity contribution in [1.29, 1.82) is 0 Å². The first kappa shape index (κ1) is 9.55. The average Bonchev–Trinajstić information content (AvgIpc) is 2.53. The van der Waals surface area contributed by atoms with Crippen LogP contribution in [0.2, 0.25) is 0 Å². The minimum absolute atomic E-state index is 1.01. The predicted molar refractivity (Wildman–Crippen MR) is 57.5 cm³/mol. The second-order valence-electron chi connectivity index (χ2n) is 4.91. The Morgan fingerprint density at radius 1 is 1.00 bits per heavy atom. The van der Waals surface area contributed by atoms with Gasteiger partial charge in [-0.2, -0.15) is 0 Å². The molecular weight excluding hydrogens is 156 g/mol. The quantitative estimate of drug-likeness (QED) is 0.561. The first-order chi connectivity index (χ1) is 6.42. The minimum Gasteiger partial charge on any atom is -0.0651 e. The molecule has 0 amide bonds. The Balaban J connectivity index is 1.99. The van der Waals surface area contributed by atoms with E-state index in [1.165, 1.54) is 57.8 Å². The maximum absolute atomic E-state index is 2.38. The van der Waals surface area contributed by atoms with Crippen LogP contribution < -0.4 is 0 Å². The first-order valence-corrected chi connectivity index (χ1v) is 6.27. The zero-order valence-electron chi connectivity index (χ0n) is 9.02. The fourth-order valence-corrected chi connectivity index (χ4v) is 3.42. The third-order valence-electron chi connectivity index (χ3n) is 4.16. The summed E-state index contributed by atoms with van der Waals surface area (Å²) in [5.41, 5.74) is 0. The molecule has 0 heteroatoms. The fraction of sp³-hybridized carbons (Fsp3) is 0.923. The molecule has 0 aromatic carbocycles. The molecule has 0 aromatic rings. The van der Waals surface area contributed by atoms with Crippen LogP contribution in [0.5, 0.6) is 0 Å². The van der Waals surface area contributed by atoms with Crippen molar-refractivity contribution in [2.75, 3.05) is 0 Å². The van der Waals surface area contributed by atoms with Crippen LogP contribution >= 0.6 is 0 Å². The molecule has 2 rings (SSSR count). The monoisotopic (exact) mass is 179 g/mol. The van der Waals surface area contributed by atoms with E-state index < -0.39 is 0 Å². The van der Waals surface area contributed by atoms with Crippen molar-refractivity contribution in [3.8, 4) is 0 Å². The third-order valence-corrected chi connectivity index (χ3v) is 4.16. The summed E-state index contributed by atoms with van der Waals surface area (Å²) in [6, 6.07) is 0. The molecule has 2 saturated carbocycles. The van der Waals surface area contributed by atoms with Crippen molar-refractivity contribution in [2.45, 2.75) is 64.7 Å². The van der Waals surface area contributed by atoms with Gasteiger partial charge >= 0.3 is 0 Å². The molecule has 13 heavy (non-hydrogen) atoms. The van der Waals surface area contributed by atoms with Crippen LogP contribution in [0.1, 0.15) is 64.7 Å². The maximum atomic E-state index is 2.38. The molecule has 0 aromatic heterocycles. The molecule has 0 nitrogen and oxygen atoms in total. The smallest absolute Gasteiger partial charge is 0.0179 e. The van der Waals surface area contributed by atoms with E-state index in [2.05, 4.69) is 6.92 Å². The van der Waals surface area contributed by atoms with Gasteiger partial charge in [-0.05, 0) is 43.4 Å². The van der Waals surface area contributed by atoms with Gasteiger partial charge in [-0.15, -0.1) is 0 Å². The van der Waals surface area contributed by atoms with Gasteiger partial charge in [0.05, 0.1) is 0 Å². The van der Waals surface area contributed by atoms with Gasteiger partial charge in [0, 0.05) is 0 Å². The van der Waals surface area contributed by atoms with E-state index in [0.717, 1.165) is 11.8 Å². The largest absolute Gasteiger partial charge is 0.0651 e. The van der Waals surface area contributed by atoms with E-state index in [9.17, 15) is 0 Å². The highest BCUT2D eigenvalue weighted by Gasteiger charge is 2.33. The molecule has 0 aliphatic heterocycles. The second-order valence-corrected chi connectivity index (χ2v) is 4.91. The lowest BCUT2D eigenvalue weighted by atomic mass is 9.75. The summed E-state index contributed by atoms with van der Waals surface area (Å²) < 4.78 is 0. The van der Waals surface area contributed by atoms with E-state index in [0.29, 0.717) is 0 Å². The fourth-order valence-electron chi connectivity index (χ4n) is 3.42. The second kappa shape index (κ2) is 4.48. The predicted octanol–water partition coefficient (Wildman–Crippen LogP) is 4.35. The first-order valence-electron chi connectivity index (χ1n) is 6.27. The van der Waals surface area contributed by atoms with Crippen LogP contribution in [0.25, 0.3) is 0 Å². The van der Waals surface area contributed by atoms with Gasteiger partial charge in [0.25, 0.3) is 0 Å². The van der Waals surface area contributed by atoms with Gasteiger partial charge in [0.1, 0.15) is 0 Å². The van der Waals surface area contributed by atoms with Crippen LogP contribution in [0.4, 0.5) is 0 Å². The molecule has 75 valence electrons. The highest BCUT2D eigenvalue weighted by molar-refractivity contribution is 5.06. The van der Waals surface area contributed by atoms with Gasteiger partial charge < -0.3 is 0 Å². The summed E-state index contributed by atoms with van der Waals surface area (Å²) in [5.74, 6) is 4.03. The third kappa shape index (κ3) is 2.08. The minimum atomic E-state index is 1.01. The highest BCUT2D eigenvalue weighted by atomic mass is 14.4. The number of hydrogen-bond donors (Lipinski definition) is 0. The summed E-state index contributed by atoms with van der Waals surface area (Å²) in [4.78, 5) is 0. The van der Waals surface area contributed by atoms with Crippen molar-refractivity contribution in [3.05, 3.63) is 5.92 Å². The lowest BCUT2D eigenvalue weighted by molar-refractivity contribution is 0.343. The van der Waals surface area contributed by atoms with Crippen LogP contribution in [-0.2, 0) is 0 Å². The average molecular weight is 179 g/mol. The molecule has 2 atom stereocenters. The van der Waals surface area contributed by atoms with E-state index in [1.807, 2.05) is 5.92 Å². The maximum Gasteiger partial charge on any atom is -0.0179 e. The molecule has 0 bridgehead atoms. The van der Waals surface area contributed by atoms with E-state index in [1.54, 1.807) is 0 Å². The lowest BCUT2D eigenvalue weighted by Crippen LogP contribution is -2.18. The summed E-state index contributed by atoms with van der Waals surface area (Å²) in [7, 11) is 0. The Morgan fingerprint density at radius 2 is 1.77 bits per heavy atom. The Bertz CT molecular complexity index is 150. The van der Waals surface area contributed by atoms with Crippen molar-refractivity contribution >= 4 is 0 Å². The Hall–Kier alpha value is 0. The van der Waals surface area contributed by atoms with Gasteiger partial charge in [-0.3, -0.25) is 0 Å². The zero-order chi connectivity index (χ0) is 9.10. The van der Waals surface area contributed by atoms with Gasteiger partial charge in [0.2, 0.25) is 0 Å². The molecule has 1 radical (unpaired) electrons. The van der Waals surface area contributed by atoms with Crippen LogP contribution in [-0.4, -0.2) is 0 Å².